The maximum absolute atomic E-state index is 14.1. The Morgan fingerprint density at radius 2 is 1.59 bits per heavy atom. The van der Waals surface area contributed by atoms with Crippen LogP contribution in [0.1, 0.15) is 61.3 Å². The van der Waals surface area contributed by atoms with Crippen molar-refractivity contribution in [3.8, 4) is 0 Å². The van der Waals surface area contributed by atoms with Crippen LogP contribution in [0.15, 0.2) is 77.7 Å². The first kappa shape index (κ1) is 30.3. The SMILES string of the molecule is Cc1cccc(CN(C(=O)CN(c2ccc(C)c(C)c2)S(=O)(=O)c2ccccc2)[C@H](C)C(=O)NC2CCCCC2)c1. The van der Waals surface area contributed by atoms with E-state index >= 15 is 0 Å². The summed E-state index contributed by atoms with van der Waals surface area (Å²) in [6, 6.07) is 20.6. The lowest BCUT2D eigenvalue weighted by Crippen LogP contribution is -2.53. The third-order valence-corrected chi connectivity index (χ3v) is 9.73. The predicted molar refractivity (Wildman–Crippen MR) is 163 cm³/mol. The topological polar surface area (TPSA) is 86.8 Å². The van der Waals surface area contributed by atoms with Gasteiger partial charge in [-0.05, 0) is 81.5 Å². The summed E-state index contributed by atoms with van der Waals surface area (Å²) in [6.07, 6.45) is 5.19. The van der Waals surface area contributed by atoms with Crippen molar-refractivity contribution in [1.82, 2.24) is 10.2 Å². The smallest absolute Gasteiger partial charge is 0.264 e. The van der Waals surface area contributed by atoms with Gasteiger partial charge in [0.25, 0.3) is 10.0 Å². The second-order valence-electron chi connectivity index (χ2n) is 11.1. The molecule has 3 aromatic rings. The average Bonchev–Trinajstić information content (AvgIpc) is 2.96. The van der Waals surface area contributed by atoms with Gasteiger partial charge in [0, 0.05) is 12.6 Å². The number of sulfonamides is 1. The predicted octanol–water partition coefficient (Wildman–Crippen LogP) is 5.67. The minimum Gasteiger partial charge on any atom is -0.352 e. The number of anilines is 1. The molecule has 41 heavy (non-hydrogen) atoms. The summed E-state index contributed by atoms with van der Waals surface area (Å²) in [5.41, 5.74) is 4.25. The Bertz CT molecular complexity index is 1470. The third kappa shape index (κ3) is 7.55. The Labute approximate surface area is 244 Å². The van der Waals surface area contributed by atoms with Crippen LogP contribution in [-0.4, -0.2) is 43.8 Å². The summed E-state index contributed by atoms with van der Waals surface area (Å²) >= 11 is 0. The molecule has 0 bridgehead atoms. The molecule has 0 heterocycles. The highest BCUT2D eigenvalue weighted by Crippen LogP contribution is 2.27. The molecule has 4 rings (SSSR count). The van der Waals surface area contributed by atoms with E-state index in [0.29, 0.717) is 5.69 Å². The van der Waals surface area contributed by atoms with Gasteiger partial charge in [0.05, 0.1) is 10.6 Å². The molecule has 1 fully saturated rings. The van der Waals surface area contributed by atoms with Crippen molar-refractivity contribution in [2.45, 2.75) is 83.3 Å². The molecule has 3 aromatic carbocycles. The van der Waals surface area contributed by atoms with Crippen molar-refractivity contribution in [3.63, 3.8) is 0 Å². The lowest BCUT2D eigenvalue weighted by atomic mass is 9.95. The number of nitrogens with zero attached hydrogens (tertiary/aromatic N) is 2. The zero-order valence-electron chi connectivity index (χ0n) is 24.5. The molecule has 0 aromatic heterocycles. The van der Waals surface area contributed by atoms with Crippen molar-refractivity contribution in [3.05, 3.63) is 95.1 Å². The van der Waals surface area contributed by atoms with Gasteiger partial charge in [-0.3, -0.25) is 13.9 Å². The summed E-state index contributed by atoms with van der Waals surface area (Å²) in [5, 5.41) is 3.14. The summed E-state index contributed by atoms with van der Waals surface area (Å²) < 4.78 is 29.0. The van der Waals surface area contributed by atoms with Crippen molar-refractivity contribution in [2.24, 2.45) is 0 Å². The highest BCUT2D eigenvalue weighted by molar-refractivity contribution is 7.92. The first-order chi connectivity index (χ1) is 19.6. The van der Waals surface area contributed by atoms with Crippen molar-refractivity contribution >= 4 is 27.5 Å². The fraction of sp³-hybridized carbons (Fsp3) is 0.394. The molecule has 0 saturated heterocycles. The van der Waals surface area contributed by atoms with Gasteiger partial charge in [0.2, 0.25) is 11.8 Å². The second kappa shape index (κ2) is 13.3. The van der Waals surface area contributed by atoms with Gasteiger partial charge in [-0.15, -0.1) is 0 Å². The van der Waals surface area contributed by atoms with E-state index in [2.05, 4.69) is 5.32 Å². The minimum atomic E-state index is -4.08. The van der Waals surface area contributed by atoms with Gasteiger partial charge < -0.3 is 10.2 Å². The molecular weight excluding hydrogens is 534 g/mol. The summed E-state index contributed by atoms with van der Waals surface area (Å²) in [4.78, 5) is 29.2. The fourth-order valence-corrected chi connectivity index (χ4v) is 6.71. The third-order valence-electron chi connectivity index (χ3n) is 7.94. The highest BCUT2D eigenvalue weighted by Gasteiger charge is 2.33. The summed E-state index contributed by atoms with van der Waals surface area (Å²) in [6.45, 7) is 7.31. The van der Waals surface area contributed by atoms with Crippen LogP contribution in [0.25, 0.3) is 0 Å². The molecule has 8 heteroatoms. The van der Waals surface area contributed by atoms with Crippen LogP contribution >= 0.6 is 0 Å². The first-order valence-electron chi connectivity index (χ1n) is 14.4. The summed E-state index contributed by atoms with van der Waals surface area (Å²) in [7, 11) is -4.08. The van der Waals surface area contributed by atoms with E-state index < -0.39 is 28.5 Å². The summed E-state index contributed by atoms with van der Waals surface area (Å²) in [5.74, 6) is -0.669. The normalized spacial score (nSPS) is 14.7. The molecule has 7 nitrogen and oxygen atoms in total. The Balaban J connectivity index is 1.68. The van der Waals surface area contributed by atoms with Gasteiger partial charge in [-0.1, -0.05) is 73.4 Å². The van der Waals surface area contributed by atoms with Crippen LogP contribution in [0.3, 0.4) is 0 Å². The van der Waals surface area contributed by atoms with Crippen molar-refractivity contribution < 1.29 is 18.0 Å². The molecule has 1 aliphatic rings. The zero-order chi connectivity index (χ0) is 29.6. The first-order valence-corrected chi connectivity index (χ1v) is 15.8. The average molecular weight is 576 g/mol. The molecule has 218 valence electrons. The van der Waals surface area contributed by atoms with E-state index in [1.807, 2.05) is 51.1 Å². The highest BCUT2D eigenvalue weighted by atomic mass is 32.2. The quantitative estimate of drug-likeness (QED) is 0.337. The standard InChI is InChI=1S/C33H41N3O4S/c1-24-12-11-13-28(20-24)22-35(27(4)33(38)34-29-14-7-5-8-15-29)32(37)23-36(30-19-18-25(2)26(3)21-30)41(39,40)31-16-9-6-10-17-31/h6,9-13,16-21,27,29H,5,7-8,14-15,22-23H2,1-4H3,(H,34,38)/t27-/m1/s1. The monoisotopic (exact) mass is 575 g/mol. The number of hydrogen-bond donors (Lipinski definition) is 1. The fourth-order valence-electron chi connectivity index (χ4n) is 5.29. The van der Waals surface area contributed by atoms with Gasteiger partial charge in [0.15, 0.2) is 0 Å². The van der Waals surface area contributed by atoms with Crippen LogP contribution < -0.4 is 9.62 Å². The van der Waals surface area contributed by atoms with Crippen LogP contribution in [0.4, 0.5) is 5.69 Å². The lowest BCUT2D eigenvalue weighted by Gasteiger charge is -2.33. The van der Waals surface area contributed by atoms with Gasteiger partial charge in [0.1, 0.15) is 12.6 Å². The van der Waals surface area contributed by atoms with E-state index in [9.17, 15) is 18.0 Å². The van der Waals surface area contributed by atoms with Crippen molar-refractivity contribution in [2.75, 3.05) is 10.8 Å². The van der Waals surface area contributed by atoms with E-state index in [1.54, 1.807) is 37.3 Å². The van der Waals surface area contributed by atoms with E-state index in [1.165, 1.54) is 23.5 Å². The van der Waals surface area contributed by atoms with E-state index in [0.717, 1.165) is 52.2 Å². The molecule has 0 radical (unpaired) electrons. The van der Waals surface area contributed by atoms with E-state index in [-0.39, 0.29) is 23.4 Å². The molecule has 0 spiro atoms. The molecular formula is C33H41N3O4S. The molecule has 1 atom stereocenters. The van der Waals surface area contributed by atoms with Crippen LogP contribution in [-0.2, 0) is 26.2 Å². The zero-order valence-corrected chi connectivity index (χ0v) is 25.3. The molecule has 0 aliphatic heterocycles. The van der Waals surface area contributed by atoms with Crippen molar-refractivity contribution in [1.29, 1.82) is 0 Å². The number of carbonyl (C=O) groups is 2. The number of amides is 2. The van der Waals surface area contributed by atoms with E-state index in [4.69, 9.17) is 0 Å². The molecule has 1 saturated carbocycles. The van der Waals surface area contributed by atoms with Crippen LogP contribution in [0.5, 0.6) is 0 Å². The molecule has 2 amide bonds. The molecule has 0 unspecified atom stereocenters. The Morgan fingerprint density at radius 3 is 2.24 bits per heavy atom. The molecule has 1 N–H and O–H groups in total. The maximum atomic E-state index is 14.1. The Kier molecular flexibility index (Phi) is 9.86. The minimum absolute atomic E-state index is 0.0966. The number of rotatable bonds is 10. The number of nitrogens with one attached hydrogen (secondary N) is 1. The van der Waals surface area contributed by atoms with Gasteiger partial charge in [-0.25, -0.2) is 8.42 Å². The van der Waals surface area contributed by atoms with Gasteiger partial charge in [-0.2, -0.15) is 0 Å². The van der Waals surface area contributed by atoms with Crippen LogP contribution in [0.2, 0.25) is 0 Å². The number of hydrogen-bond acceptors (Lipinski definition) is 4. The number of benzene rings is 3. The lowest BCUT2D eigenvalue weighted by molar-refractivity contribution is -0.139. The Morgan fingerprint density at radius 1 is 0.878 bits per heavy atom. The second-order valence-corrected chi connectivity index (χ2v) is 13.0. The number of carbonyl (C=O) groups excluding carboxylic acids is 2. The Hall–Kier alpha value is -3.65. The maximum Gasteiger partial charge on any atom is 0.264 e. The number of aryl methyl sites for hydroxylation is 3. The molecule has 1 aliphatic carbocycles. The van der Waals surface area contributed by atoms with Crippen LogP contribution in [0, 0.1) is 20.8 Å². The largest absolute Gasteiger partial charge is 0.352 e. The van der Waals surface area contributed by atoms with Gasteiger partial charge >= 0.3 is 0 Å².